The van der Waals surface area contributed by atoms with Crippen molar-refractivity contribution in [3.05, 3.63) is 0 Å². The fourth-order valence-corrected chi connectivity index (χ4v) is 1.95. The number of carboxylic acid groups (broad SMARTS) is 2. The Bertz CT molecular complexity index is 548. The van der Waals surface area contributed by atoms with Crippen molar-refractivity contribution in [3.63, 3.8) is 0 Å². The maximum absolute atomic E-state index is 12.3. The molecular weight excluding hydrogens is 348 g/mol. The third kappa shape index (κ3) is 9.57. The Hall–Kier alpha value is -2.69. The van der Waals surface area contributed by atoms with Crippen LogP contribution >= 0.6 is 0 Å². The first-order valence-electron chi connectivity index (χ1n) is 8.01. The van der Waals surface area contributed by atoms with Gasteiger partial charge in [-0.15, -0.1) is 0 Å². The first kappa shape index (κ1) is 23.3. The van der Waals surface area contributed by atoms with Gasteiger partial charge in [0.15, 0.2) is 0 Å². The molecule has 11 nitrogen and oxygen atoms in total. The Labute approximate surface area is 150 Å². The van der Waals surface area contributed by atoms with Crippen LogP contribution in [-0.2, 0) is 24.0 Å². The quantitative estimate of drug-likeness (QED) is 0.240. The van der Waals surface area contributed by atoms with Crippen LogP contribution in [0.5, 0.6) is 0 Å². The highest BCUT2D eigenvalue weighted by Gasteiger charge is 2.29. The van der Waals surface area contributed by atoms with Gasteiger partial charge in [-0.2, -0.15) is 0 Å². The van der Waals surface area contributed by atoms with Crippen LogP contribution in [0.1, 0.15) is 33.6 Å². The van der Waals surface area contributed by atoms with E-state index in [-0.39, 0.29) is 12.3 Å². The predicted octanol–water partition coefficient (Wildman–Crippen LogP) is -1.98. The summed E-state index contributed by atoms with van der Waals surface area (Å²) in [6.07, 6.45) is -0.506. The van der Waals surface area contributed by atoms with E-state index in [0.717, 1.165) is 0 Å². The average molecular weight is 374 g/mol. The standard InChI is InChI=1S/C15H26N4O7/c1-7(2)4-9(14(25)17-6-12(22)23)19-15(26)10(5-11(20)21)18-13(24)8(3)16/h7-10H,4-6,16H2,1-3H3,(H,17,25)(H,18,24)(H,19,26)(H,20,21)(H,22,23). The summed E-state index contributed by atoms with van der Waals surface area (Å²) in [5.41, 5.74) is 5.39. The Morgan fingerprint density at radius 1 is 0.846 bits per heavy atom. The molecule has 0 aliphatic carbocycles. The minimum atomic E-state index is -1.42. The smallest absolute Gasteiger partial charge is 0.322 e. The van der Waals surface area contributed by atoms with Gasteiger partial charge in [-0.05, 0) is 19.3 Å². The Balaban J connectivity index is 5.17. The zero-order chi connectivity index (χ0) is 20.4. The third-order valence-corrected chi connectivity index (χ3v) is 3.18. The van der Waals surface area contributed by atoms with Crippen molar-refractivity contribution in [2.45, 2.75) is 51.7 Å². The lowest BCUT2D eigenvalue weighted by atomic mass is 10.0. The van der Waals surface area contributed by atoms with Gasteiger partial charge in [0, 0.05) is 0 Å². The Morgan fingerprint density at radius 3 is 1.81 bits per heavy atom. The fraction of sp³-hybridized carbons (Fsp3) is 0.667. The van der Waals surface area contributed by atoms with E-state index >= 15 is 0 Å². The van der Waals surface area contributed by atoms with Crippen LogP contribution in [0.25, 0.3) is 0 Å². The van der Waals surface area contributed by atoms with Gasteiger partial charge in [0.2, 0.25) is 17.7 Å². The molecule has 3 unspecified atom stereocenters. The number of nitrogens with one attached hydrogen (secondary N) is 3. The lowest BCUT2D eigenvalue weighted by Gasteiger charge is -2.23. The normalized spacial score (nSPS) is 14.0. The lowest BCUT2D eigenvalue weighted by molar-refractivity contribution is -0.141. The molecule has 0 aromatic carbocycles. The minimum absolute atomic E-state index is 0.0209. The van der Waals surface area contributed by atoms with E-state index < -0.39 is 60.8 Å². The SMILES string of the molecule is CC(C)CC(NC(=O)C(CC(=O)O)NC(=O)C(C)N)C(=O)NCC(=O)O. The molecule has 0 heterocycles. The van der Waals surface area contributed by atoms with Gasteiger partial charge < -0.3 is 31.9 Å². The molecule has 0 aromatic rings. The van der Waals surface area contributed by atoms with Crippen molar-refractivity contribution in [1.82, 2.24) is 16.0 Å². The molecule has 0 fully saturated rings. The van der Waals surface area contributed by atoms with Crippen LogP contribution in [-0.4, -0.2) is 64.5 Å². The van der Waals surface area contributed by atoms with Crippen molar-refractivity contribution in [1.29, 1.82) is 0 Å². The minimum Gasteiger partial charge on any atom is -0.481 e. The Kier molecular flexibility index (Phi) is 9.89. The summed E-state index contributed by atoms with van der Waals surface area (Å²) < 4.78 is 0. The second-order valence-corrected chi connectivity index (χ2v) is 6.25. The molecule has 7 N–H and O–H groups in total. The number of amides is 3. The molecule has 0 bridgehead atoms. The van der Waals surface area contributed by atoms with Crippen LogP contribution in [0, 0.1) is 5.92 Å². The molecule has 0 aliphatic heterocycles. The van der Waals surface area contributed by atoms with Crippen molar-refractivity contribution >= 4 is 29.7 Å². The molecule has 148 valence electrons. The zero-order valence-electron chi connectivity index (χ0n) is 14.9. The molecule has 0 rings (SSSR count). The van der Waals surface area contributed by atoms with Gasteiger partial charge in [0.1, 0.15) is 18.6 Å². The highest BCUT2D eigenvalue weighted by molar-refractivity contribution is 5.95. The largest absolute Gasteiger partial charge is 0.481 e. The molecule has 0 saturated carbocycles. The first-order chi connectivity index (χ1) is 11.9. The molecule has 0 aromatic heterocycles. The van der Waals surface area contributed by atoms with E-state index in [1.54, 1.807) is 13.8 Å². The van der Waals surface area contributed by atoms with Crippen LogP contribution in [0.15, 0.2) is 0 Å². The van der Waals surface area contributed by atoms with E-state index in [2.05, 4.69) is 16.0 Å². The number of hydrogen-bond acceptors (Lipinski definition) is 6. The third-order valence-electron chi connectivity index (χ3n) is 3.18. The summed E-state index contributed by atoms with van der Waals surface area (Å²) in [7, 11) is 0. The van der Waals surface area contributed by atoms with E-state index in [1.165, 1.54) is 6.92 Å². The number of carbonyl (C=O) groups is 5. The predicted molar refractivity (Wildman–Crippen MR) is 89.9 cm³/mol. The van der Waals surface area contributed by atoms with E-state index in [9.17, 15) is 24.0 Å². The molecule has 3 amide bonds. The number of rotatable bonds is 11. The fourth-order valence-electron chi connectivity index (χ4n) is 1.95. The van der Waals surface area contributed by atoms with E-state index in [1.807, 2.05) is 0 Å². The molecule has 0 spiro atoms. The maximum Gasteiger partial charge on any atom is 0.322 e. The summed E-state index contributed by atoms with van der Waals surface area (Å²) >= 11 is 0. The van der Waals surface area contributed by atoms with Crippen LogP contribution in [0.4, 0.5) is 0 Å². The topological polar surface area (TPSA) is 188 Å². The summed E-state index contributed by atoms with van der Waals surface area (Å²) in [5.74, 6) is -4.92. The number of carbonyl (C=O) groups excluding carboxylic acids is 3. The molecule has 11 heteroatoms. The number of nitrogens with two attached hydrogens (primary N) is 1. The highest BCUT2D eigenvalue weighted by atomic mass is 16.4. The summed E-state index contributed by atoms with van der Waals surface area (Å²) in [4.78, 5) is 57.6. The monoisotopic (exact) mass is 374 g/mol. The van der Waals surface area contributed by atoms with Gasteiger partial charge in [-0.1, -0.05) is 13.8 Å². The van der Waals surface area contributed by atoms with Crippen molar-refractivity contribution < 1.29 is 34.2 Å². The summed E-state index contributed by atoms with van der Waals surface area (Å²) in [5, 5.41) is 24.3. The van der Waals surface area contributed by atoms with Crippen molar-refractivity contribution in [2.24, 2.45) is 11.7 Å². The van der Waals surface area contributed by atoms with E-state index in [0.29, 0.717) is 0 Å². The molecule has 3 atom stereocenters. The van der Waals surface area contributed by atoms with Crippen molar-refractivity contribution in [3.8, 4) is 0 Å². The maximum atomic E-state index is 12.3. The van der Waals surface area contributed by atoms with Crippen LogP contribution in [0.3, 0.4) is 0 Å². The van der Waals surface area contributed by atoms with Gasteiger partial charge >= 0.3 is 11.9 Å². The van der Waals surface area contributed by atoms with Crippen molar-refractivity contribution in [2.75, 3.05) is 6.54 Å². The van der Waals surface area contributed by atoms with Gasteiger partial charge in [0.05, 0.1) is 12.5 Å². The Morgan fingerprint density at radius 2 is 1.38 bits per heavy atom. The molecule has 0 aliphatic rings. The molecule has 0 radical (unpaired) electrons. The van der Waals surface area contributed by atoms with Crippen LogP contribution in [0.2, 0.25) is 0 Å². The number of carboxylic acids is 2. The van der Waals surface area contributed by atoms with Gasteiger partial charge in [-0.3, -0.25) is 24.0 Å². The summed E-state index contributed by atoms with van der Waals surface area (Å²) in [6.45, 7) is 4.32. The zero-order valence-corrected chi connectivity index (χ0v) is 14.9. The van der Waals surface area contributed by atoms with Crippen LogP contribution < -0.4 is 21.7 Å². The lowest BCUT2D eigenvalue weighted by Crippen LogP contribution is -2.56. The summed E-state index contributed by atoms with van der Waals surface area (Å²) in [6, 6.07) is -3.46. The van der Waals surface area contributed by atoms with Gasteiger partial charge in [0.25, 0.3) is 0 Å². The second kappa shape index (κ2) is 11.0. The first-order valence-corrected chi connectivity index (χ1v) is 8.01. The number of aliphatic carboxylic acids is 2. The molecule has 0 saturated heterocycles. The number of hydrogen-bond donors (Lipinski definition) is 6. The second-order valence-electron chi connectivity index (χ2n) is 6.25. The average Bonchev–Trinajstić information content (AvgIpc) is 2.49. The molecular formula is C15H26N4O7. The molecule has 26 heavy (non-hydrogen) atoms. The van der Waals surface area contributed by atoms with E-state index in [4.69, 9.17) is 15.9 Å². The highest BCUT2D eigenvalue weighted by Crippen LogP contribution is 2.06. The van der Waals surface area contributed by atoms with Gasteiger partial charge in [-0.25, -0.2) is 0 Å².